The zero-order valence-electron chi connectivity index (χ0n) is 12.9. The van der Waals surface area contributed by atoms with Crippen LogP contribution in [0, 0.1) is 12.3 Å². The lowest BCUT2D eigenvalue weighted by Gasteiger charge is -2.23. The van der Waals surface area contributed by atoms with Crippen molar-refractivity contribution < 1.29 is 5.21 Å². The second-order valence-electron chi connectivity index (χ2n) is 6.04. The predicted octanol–water partition coefficient (Wildman–Crippen LogP) is 3.13. The summed E-state index contributed by atoms with van der Waals surface area (Å²) in [6.07, 6.45) is 2.99. The van der Waals surface area contributed by atoms with Gasteiger partial charge in [-0.3, -0.25) is 0 Å². The first kappa shape index (κ1) is 17.0. The maximum atomic E-state index is 8.73. The van der Waals surface area contributed by atoms with E-state index in [-0.39, 0.29) is 5.41 Å². The van der Waals surface area contributed by atoms with Crippen LogP contribution in [0.2, 0.25) is 0 Å². The molecule has 1 aromatic heterocycles. The van der Waals surface area contributed by atoms with E-state index in [1.54, 1.807) is 0 Å². The highest BCUT2D eigenvalue weighted by atomic mass is 32.1. The highest BCUT2D eigenvalue weighted by Gasteiger charge is 2.22. The topological polar surface area (TPSA) is 70.6 Å². The number of nitrogens with two attached hydrogens (primary N) is 1. The number of oxime groups is 1. The number of aryl methyl sites for hydroxylation is 1. The lowest BCUT2D eigenvalue weighted by Crippen LogP contribution is -2.34. The second kappa shape index (κ2) is 7.64. The van der Waals surface area contributed by atoms with E-state index in [9.17, 15) is 0 Å². The molecule has 0 aliphatic rings. The minimum absolute atomic E-state index is 0.246. The van der Waals surface area contributed by atoms with Crippen LogP contribution in [0.3, 0.4) is 0 Å². The van der Waals surface area contributed by atoms with Crippen LogP contribution in [0.15, 0.2) is 17.3 Å². The maximum absolute atomic E-state index is 8.73. The van der Waals surface area contributed by atoms with Crippen molar-refractivity contribution in [1.82, 2.24) is 5.32 Å². The van der Waals surface area contributed by atoms with Gasteiger partial charge in [-0.1, -0.05) is 19.0 Å². The second-order valence-corrected chi connectivity index (χ2v) is 7.42. The molecule has 1 unspecified atom stereocenters. The molecule has 0 amide bonds. The van der Waals surface area contributed by atoms with E-state index >= 15 is 0 Å². The molecule has 0 radical (unpaired) electrons. The lowest BCUT2D eigenvalue weighted by molar-refractivity contribution is 0.304. The SMILES string of the molecule is Cc1ccc(CC(C)NCCCC(C)(C)C(N)=NO)s1. The molecular weight excluding hydrogens is 270 g/mol. The Labute approximate surface area is 126 Å². The van der Waals surface area contributed by atoms with Crippen molar-refractivity contribution in [3.63, 3.8) is 0 Å². The zero-order valence-corrected chi connectivity index (χ0v) is 13.8. The van der Waals surface area contributed by atoms with Crippen molar-refractivity contribution in [3.05, 3.63) is 21.9 Å². The average Bonchev–Trinajstić information content (AvgIpc) is 2.79. The molecule has 4 nitrogen and oxygen atoms in total. The van der Waals surface area contributed by atoms with Gasteiger partial charge in [0.2, 0.25) is 0 Å². The minimum atomic E-state index is -0.246. The van der Waals surface area contributed by atoms with Crippen LogP contribution in [0.25, 0.3) is 0 Å². The molecule has 0 saturated heterocycles. The summed E-state index contributed by atoms with van der Waals surface area (Å²) in [6, 6.07) is 4.85. The smallest absolute Gasteiger partial charge is 0.144 e. The fourth-order valence-electron chi connectivity index (χ4n) is 2.11. The van der Waals surface area contributed by atoms with Crippen LogP contribution in [0.1, 0.15) is 43.4 Å². The zero-order chi connectivity index (χ0) is 15.2. The molecular formula is C15H27N3OS. The van der Waals surface area contributed by atoms with Crippen molar-refractivity contribution in [3.8, 4) is 0 Å². The molecule has 1 rings (SSSR count). The third kappa shape index (κ3) is 5.51. The molecule has 0 aliphatic carbocycles. The first-order valence-electron chi connectivity index (χ1n) is 7.12. The molecule has 1 atom stereocenters. The Hall–Kier alpha value is -1.07. The highest BCUT2D eigenvalue weighted by Crippen LogP contribution is 2.22. The predicted molar refractivity (Wildman–Crippen MR) is 86.6 cm³/mol. The Kier molecular flexibility index (Phi) is 6.49. The third-order valence-electron chi connectivity index (χ3n) is 3.58. The Balaban J connectivity index is 2.24. The van der Waals surface area contributed by atoms with E-state index in [0.717, 1.165) is 25.8 Å². The van der Waals surface area contributed by atoms with E-state index in [1.807, 2.05) is 25.2 Å². The van der Waals surface area contributed by atoms with Gasteiger partial charge in [0, 0.05) is 21.2 Å². The molecule has 20 heavy (non-hydrogen) atoms. The maximum Gasteiger partial charge on any atom is 0.144 e. The van der Waals surface area contributed by atoms with Crippen LogP contribution >= 0.6 is 11.3 Å². The summed E-state index contributed by atoms with van der Waals surface area (Å²) in [5.41, 5.74) is 5.43. The monoisotopic (exact) mass is 297 g/mol. The third-order valence-corrected chi connectivity index (χ3v) is 4.60. The lowest BCUT2D eigenvalue weighted by atomic mass is 9.86. The van der Waals surface area contributed by atoms with Gasteiger partial charge in [0.15, 0.2) is 0 Å². The van der Waals surface area contributed by atoms with Gasteiger partial charge in [0.25, 0.3) is 0 Å². The number of rotatable bonds is 8. The fraction of sp³-hybridized carbons (Fsp3) is 0.667. The summed E-state index contributed by atoms with van der Waals surface area (Å²) in [6.45, 7) is 9.30. The van der Waals surface area contributed by atoms with Gasteiger partial charge in [0.05, 0.1) is 0 Å². The Morgan fingerprint density at radius 1 is 1.50 bits per heavy atom. The number of hydrogen-bond acceptors (Lipinski definition) is 4. The van der Waals surface area contributed by atoms with Gasteiger partial charge in [-0.25, -0.2) is 0 Å². The normalized spacial score (nSPS) is 14.5. The summed E-state index contributed by atoms with van der Waals surface area (Å²) >= 11 is 1.87. The van der Waals surface area contributed by atoms with Crippen molar-refractivity contribution in [2.24, 2.45) is 16.3 Å². The first-order valence-corrected chi connectivity index (χ1v) is 7.93. The molecule has 0 fully saturated rings. The van der Waals surface area contributed by atoms with Crippen LogP contribution in [-0.2, 0) is 6.42 Å². The number of thiophene rings is 1. The Morgan fingerprint density at radius 3 is 2.75 bits per heavy atom. The number of hydrogen-bond donors (Lipinski definition) is 3. The highest BCUT2D eigenvalue weighted by molar-refractivity contribution is 7.11. The summed E-state index contributed by atoms with van der Waals surface area (Å²) in [5.74, 6) is 0.305. The fourth-order valence-corrected chi connectivity index (χ4v) is 3.13. The van der Waals surface area contributed by atoms with E-state index in [2.05, 4.69) is 36.5 Å². The molecule has 0 saturated carbocycles. The Bertz CT molecular complexity index is 440. The number of nitrogens with zero attached hydrogens (tertiary/aromatic N) is 1. The molecule has 4 N–H and O–H groups in total. The quantitative estimate of drug-likeness (QED) is 0.227. The standard InChI is InChI=1S/C15H27N3OS/c1-11(10-13-7-6-12(2)20-13)17-9-5-8-15(3,4)14(16)18-19/h6-7,11,17,19H,5,8-10H2,1-4H3,(H2,16,18). The van der Waals surface area contributed by atoms with Gasteiger partial charge in [-0.15, -0.1) is 11.3 Å². The molecule has 0 bridgehead atoms. The van der Waals surface area contributed by atoms with Gasteiger partial charge < -0.3 is 16.3 Å². The van der Waals surface area contributed by atoms with E-state index in [4.69, 9.17) is 10.9 Å². The molecule has 1 aromatic rings. The largest absolute Gasteiger partial charge is 0.409 e. The first-order chi connectivity index (χ1) is 9.35. The summed E-state index contributed by atoms with van der Waals surface area (Å²) in [4.78, 5) is 2.80. The summed E-state index contributed by atoms with van der Waals surface area (Å²) in [7, 11) is 0. The van der Waals surface area contributed by atoms with E-state index in [0.29, 0.717) is 11.9 Å². The van der Waals surface area contributed by atoms with E-state index in [1.165, 1.54) is 9.75 Å². The van der Waals surface area contributed by atoms with Gasteiger partial charge in [-0.2, -0.15) is 0 Å². The van der Waals surface area contributed by atoms with Crippen LogP contribution in [-0.4, -0.2) is 23.6 Å². The van der Waals surface area contributed by atoms with Crippen LogP contribution in [0.5, 0.6) is 0 Å². The minimum Gasteiger partial charge on any atom is -0.409 e. The molecule has 0 aromatic carbocycles. The summed E-state index contributed by atoms with van der Waals surface area (Å²) in [5, 5.41) is 15.4. The molecule has 1 heterocycles. The molecule has 0 aliphatic heterocycles. The van der Waals surface area contributed by atoms with E-state index < -0.39 is 0 Å². The number of nitrogens with one attached hydrogen (secondary N) is 1. The number of amidine groups is 1. The molecule has 5 heteroatoms. The van der Waals surface area contributed by atoms with Gasteiger partial charge >= 0.3 is 0 Å². The summed E-state index contributed by atoms with van der Waals surface area (Å²) < 4.78 is 0. The average molecular weight is 297 g/mol. The molecule has 0 spiro atoms. The van der Waals surface area contributed by atoms with Crippen LogP contribution < -0.4 is 11.1 Å². The Morgan fingerprint density at radius 2 is 2.20 bits per heavy atom. The van der Waals surface area contributed by atoms with Crippen molar-refractivity contribution in [2.75, 3.05) is 6.54 Å². The van der Waals surface area contributed by atoms with Gasteiger partial charge in [-0.05, 0) is 51.8 Å². The molecule has 114 valence electrons. The van der Waals surface area contributed by atoms with Crippen LogP contribution in [0.4, 0.5) is 0 Å². The van der Waals surface area contributed by atoms with Crippen molar-refractivity contribution in [1.29, 1.82) is 0 Å². The van der Waals surface area contributed by atoms with Gasteiger partial charge in [0.1, 0.15) is 5.84 Å². The van der Waals surface area contributed by atoms with Crippen molar-refractivity contribution >= 4 is 17.2 Å². The van der Waals surface area contributed by atoms with Crippen molar-refractivity contribution in [2.45, 2.75) is 53.0 Å².